The molecule has 0 aliphatic rings. The van der Waals surface area contributed by atoms with Crippen molar-refractivity contribution in [1.82, 2.24) is 5.16 Å². The standard InChI is InChI=1S/C17H21N3O3S/c1-11(21)18-12-5-7-13(8-6-12)24-10-15(22)19-16-9-14(20-23-16)17(2,3)4/h5-9H,10H2,1-4H3,(H,18,21)(H,19,22). The molecule has 0 aliphatic heterocycles. The molecule has 1 heterocycles. The normalized spacial score (nSPS) is 11.2. The topological polar surface area (TPSA) is 84.2 Å². The second kappa shape index (κ2) is 7.53. The van der Waals surface area contributed by atoms with Gasteiger partial charge in [0.2, 0.25) is 17.7 Å². The number of hydrogen-bond acceptors (Lipinski definition) is 5. The molecule has 0 atom stereocenters. The van der Waals surface area contributed by atoms with Gasteiger partial charge in [-0.1, -0.05) is 25.9 Å². The van der Waals surface area contributed by atoms with Crippen LogP contribution in [0, 0.1) is 0 Å². The fraction of sp³-hybridized carbons (Fsp3) is 0.353. The Balaban J connectivity index is 1.84. The maximum absolute atomic E-state index is 12.0. The lowest BCUT2D eigenvalue weighted by Gasteiger charge is -2.12. The van der Waals surface area contributed by atoms with Gasteiger partial charge in [-0.3, -0.25) is 14.9 Å². The molecule has 1 aromatic heterocycles. The molecule has 0 radical (unpaired) electrons. The predicted octanol–water partition coefficient (Wildman–Crippen LogP) is 3.66. The van der Waals surface area contributed by atoms with Crippen LogP contribution in [-0.4, -0.2) is 22.7 Å². The van der Waals surface area contributed by atoms with Crippen LogP contribution in [0.4, 0.5) is 11.6 Å². The van der Waals surface area contributed by atoms with Gasteiger partial charge in [-0.15, -0.1) is 11.8 Å². The van der Waals surface area contributed by atoms with Gasteiger partial charge in [-0.05, 0) is 24.3 Å². The highest BCUT2D eigenvalue weighted by molar-refractivity contribution is 8.00. The summed E-state index contributed by atoms with van der Waals surface area (Å²) in [6.07, 6.45) is 0. The predicted molar refractivity (Wildman–Crippen MR) is 95.3 cm³/mol. The zero-order valence-electron chi connectivity index (χ0n) is 14.2. The molecule has 1 aromatic carbocycles. The van der Waals surface area contributed by atoms with Gasteiger partial charge in [0, 0.05) is 29.0 Å². The minimum Gasteiger partial charge on any atom is -0.338 e. The van der Waals surface area contributed by atoms with Gasteiger partial charge in [0.15, 0.2) is 0 Å². The Hall–Kier alpha value is -2.28. The smallest absolute Gasteiger partial charge is 0.237 e. The number of aromatic nitrogens is 1. The second-order valence-electron chi connectivity index (χ2n) is 6.37. The van der Waals surface area contributed by atoms with E-state index >= 15 is 0 Å². The summed E-state index contributed by atoms with van der Waals surface area (Å²) in [5.74, 6) is 0.330. The zero-order valence-corrected chi connectivity index (χ0v) is 15.0. The Morgan fingerprint density at radius 3 is 2.38 bits per heavy atom. The van der Waals surface area contributed by atoms with Crippen molar-refractivity contribution in [2.45, 2.75) is 38.0 Å². The quantitative estimate of drug-likeness (QED) is 0.806. The molecule has 0 aliphatic carbocycles. The van der Waals surface area contributed by atoms with Crippen molar-refractivity contribution in [1.29, 1.82) is 0 Å². The number of thioether (sulfide) groups is 1. The highest BCUT2D eigenvalue weighted by Crippen LogP contribution is 2.24. The van der Waals surface area contributed by atoms with Crippen molar-refractivity contribution >= 4 is 35.1 Å². The Bertz CT molecular complexity index is 717. The van der Waals surface area contributed by atoms with E-state index in [1.54, 1.807) is 18.2 Å². The number of nitrogens with one attached hydrogen (secondary N) is 2. The monoisotopic (exact) mass is 347 g/mol. The summed E-state index contributed by atoms with van der Waals surface area (Å²) < 4.78 is 5.14. The first-order valence-electron chi connectivity index (χ1n) is 7.51. The number of carbonyl (C=O) groups is 2. The van der Waals surface area contributed by atoms with E-state index in [0.29, 0.717) is 5.88 Å². The van der Waals surface area contributed by atoms with Crippen LogP contribution < -0.4 is 10.6 Å². The average molecular weight is 347 g/mol. The van der Waals surface area contributed by atoms with Gasteiger partial charge in [0.1, 0.15) is 0 Å². The molecule has 7 heteroatoms. The van der Waals surface area contributed by atoms with Crippen LogP contribution in [0.1, 0.15) is 33.4 Å². The van der Waals surface area contributed by atoms with Gasteiger partial charge in [0.05, 0.1) is 11.4 Å². The van der Waals surface area contributed by atoms with Gasteiger partial charge in [-0.25, -0.2) is 0 Å². The van der Waals surface area contributed by atoms with Gasteiger partial charge in [0.25, 0.3) is 0 Å². The zero-order chi connectivity index (χ0) is 17.7. The van der Waals surface area contributed by atoms with Gasteiger partial charge in [-0.2, -0.15) is 0 Å². The number of amides is 2. The van der Waals surface area contributed by atoms with Crippen molar-refractivity contribution in [3.8, 4) is 0 Å². The first kappa shape index (κ1) is 18.1. The average Bonchev–Trinajstić information content (AvgIpc) is 2.94. The minimum atomic E-state index is -0.164. The fourth-order valence-electron chi connectivity index (χ4n) is 1.85. The van der Waals surface area contributed by atoms with E-state index < -0.39 is 0 Å². The van der Waals surface area contributed by atoms with E-state index in [9.17, 15) is 9.59 Å². The molecule has 0 spiro atoms. The summed E-state index contributed by atoms with van der Waals surface area (Å²) in [5, 5.41) is 9.35. The van der Waals surface area contributed by atoms with E-state index in [0.717, 1.165) is 16.3 Å². The molecule has 128 valence electrons. The van der Waals surface area contributed by atoms with Crippen LogP contribution in [0.5, 0.6) is 0 Å². The maximum atomic E-state index is 12.0. The first-order chi connectivity index (χ1) is 11.2. The largest absolute Gasteiger partial charge is 0.338 e. The summed E-state index contributed by atoms with van der Waals surface area (Å²) >= 11 is 1.40. The fourth-order valence-corrected chi connectivity index (χ4v) is 2.55. The summed E-state index contributed by atoms with van der Waals surface area (Å²) in [6, 6.07) is 9.05. The van der Waals surface area contributed by atoms with Crippen molar-refractivity contribution in [3.63, 3.8) is 0 Å². The van der Waals surface area contributed by atoms with Crippen LogP contribution in [-0.2, 0) is 15.0 Å². The number of carbonyl (C=O) groups excluding carboxylic acids is 2. The SMILES string of the molecule is CC(=O)Nc1ccc(SCC(=O)Nc2cc(C(C)(C)C)no2)cc1. The molecule has 0 saturated carbocycles. The molecule has 2 rings (SSSR count). The Morgan fingerprint density at radius 2 is 1.83 bits per heavy atom. The maximum Gasteiger partial charge on any atom is 0.237 e. The molecule has 0 unspecified atom stereocenters. The molecule has 2 amide bonds. The van der Waals surface area contributed by atoms with E-state index in [4.69, 9.17) is 4.52 Å². The van der Waals surface area contributed by atoms with E-state index in [1.165, 1.54) is 18.7 Å². The highest BCUT2D eigenvalue weighted by atomic mass is 32.2. The molecular weight excluding hydrogens is 326 g/mol. The number of nitrogens with zero attached hydrogens (tertiary/aromatic N) is 1. The summed E-state index contributed by atoms with van der Waals surface area (Å²) in [4.78, 5) is 23.9. The molecule has 0 saturated heterocycles. The van der Waals surface area contributed by atoms with Crippen molar-refractivity contribution in [3.05, 3.63) is 36.0 Å². The van der Waals surface area contributed by atoms with E-state index in [1.807, 2.05) is 32.9 Å². The Kier molecular flexibility index (Phi) is 5.66. The van der Waals surface area contributed by atoms with Crippen molar-refractivity contribution in [2.24, 2.45) is 0 Å². The van der Waals surface area contributed by atoms with Crippen LogP contribution in [0.2, 0.25) is 0 Å². The third-order valence-electron chi connectivity index (χ3n) is 3.09. The van der Waals surface area contributed by atoms with Crippen LogP contribution >= 0.6 is 11.8 Å². The molecule has 6 nitrogen and oxygen atoms in total. The number of hydrogen-bond donors (Lipinski definition) is 2. The Labute approximate surface area is 145 Å². The molecule has 0 fully saturated rings. The van der Waals surface area contributed by atoms with Crippen LogP contribution in [0.3, 0.4) is 0 Å². The van der Waals surface area contributed by atoms with Gasteiger partial charge < -0.3 is 9.84 Å². The third kappa shape index (κ3) is 5.42. The van der Waals surface area contributed by atoms with E-state index in [-0.39, 0.29) is 23.0 Å². The lowest BCUT2D eigenvalue weighted by atomic mass is 9.92. The Morgan fingerprint density at radius 1 is 1.17 bits per heavy atom. The van der Waals surface area contributed by atoms with Crippen LogP contribution in [0.25, 0.3) is 0 Å². The third-order valence-corrected chi connectivity index (χ3v) is 4.10. The van der Waals surface area contributed by atoms with Crippen molar-refractivity contribution < 1.29 is 14.1 Å². The second-order valence-corrected chi connectivity index (χ2v) is 7.42. The highest BCUT2D eigenvalue weighted by Gasteiger charge is 2.19. The minimum absolute atomic E-state index is 0.114. The van der Waals surface area contributed by atoms with Crippen molar-refractivity contribution in [2.75, 3.05) is 16.4 Å². The lowest BCUT2D eigenvalue weighted by molar-refractivity contribution is -0.114. The molecule has 0 bridgehead atoms. The van der Waals surface area contributed by atoms with Gasteiger partial charge >= 0.3 is 0 Å². The summed E-state index contributed by atoms with van der Waals surface area (Å²) in [7, 11) is 0. The molecule has 2 N–H and O–H groups in total. The molecule has 24 heavy (non-hydrogen) atoms. The molecular formula is C17H21N3O3S. The molecule has 2 aromatic rings. The first-order valence-corrected chi connectivity index (χ1v) is 8.50. The number of anilines is 2. The number of benzene rings is 1. The van der Waals surface area contributed by atoms with Crippen LogP contribution in [0.15, 0.2) is 39.8 Å². The summed E-state index contributed by atoms with van der Waals surface area (Å²) in [6.45, 7) is 7.53. The van der Waals surface area contributed by atoms with E-state index in [2.05, 4.69) is 15.8 Å². The number of rotatable bonds is 5. The summed E-state index contributed by atoms with van der Waals surface area (Å²) in [5.41, 5.74) is 1.39. The lowest BCUT2D eigenvalue weighted by Crippen LogP contribution is -2.14.